The Kier molecular flexibility index (Phi) is 6.36. The predicted octanol–water partition coefficient (Wildman–Crippen LogP) is 2.92. The van der Waals surface area contributed by atoms with Crippen molar-refractivity contribution >= 4 is 11.6 Å². The number of nitrogens with one attached hydrogen (secondary N) is 1. The third-order valence-electron chi connectivity index (χ3n) is 2.81. The van der Waals surface area contributed by atoms with E-state index in [9.17, 15) is 4.79 Å². The number of hydrogen-bond acceptors (Lipinski definition) is 3. The molecule has 4 heteroatoms. The summed E-state index contributed by atoms with van der Waals surface area (Å²) in [7, 11) is 0. The molecule has 0 atom stereocenters. The molecule has 1 rings (SSSR count). The van der Waals surface area contributed by atoms with Gasteiger partial charge in [0, 0.05) is 24.2 Å². The Labute approximate surface area is 115 Å². The van der Waals surface area contributed by atoms with E-state index in [4.69, 9.17) is 10.5 Å². The van der Waals surface area contributed by atoms with Crippen LogP contribution in [0.25, 0.3) is 0 Å². The molecule has 0 saturated heterocycles. The SMILES string of the molecule is CCOc1ccc(NC(=O)CCC(C)C)cc1CN. The molecular formula is C15H24N2O2. The van der Waals surface area contributed by atoms with E-state index >= 15 is 0 Å². The molecule has 19 heavy (non-hydrogen) atoms. The number of carbonyl (C=O) groups excluding carboxylic acids is 1. The molecule has 0 unspecified atom stereocenters. The first-order valence-electron chi connectivity index (χ1n) is 6.82. The van der Waals surface area contributed by atoms with Gasteiger partial charge in [0.05, 0.1) is 6.61 Å². The van der Waals surface area contributed by atoms with E-state index < -0.39 is 0 Å². The van der Waals surface area contributed by atoms with Crippen LogP contribution in [0.4, 0.5) is 5.69 Å². The third-order valence-corrected chi connectivity index (χ3v) is 2.81. The zero-order valence-electron chi connectivity index (χ0n) is 12.0. The van der Waals surface area contributed by atoms with E-state index in [-0.39, 0.29) is 5.91 Å². The van der Waals surface area contributed by atoms with Gasteiger partial charge in [-0.1, -0.05) is 13.8 Å². The van der Waals surface area contributed by atoms with Gasteiger partial charge in [-0.25, -0.2) is 0 Å². The van der Waals surface area contributed by atoms with Gasteiger partial charge >= 0.3 is 0 Å². The second kappa shape index (κ2) is 7.79. The molecule has 0 aliphatic carbocycles. The molecule has 1 aromatic carbocycles. The van der Waals surface area contributed by atoms with Crippen LogP contribution in [0.1, 0.15) is 39.2 Å². The van der Waals surface area contributed by atoms with Crippen molar-refractivity contribution in [1.82, 2.24) is 0 Å². The number of hydrogen-bond donors (Lipinski definition) is 2. The van der Waals surface area contributed by atoms with E-state index in [1.165, 1.54) is 0 Å². The Morgan fingerprint density at radius 3 is 2.74 bits per heavy atom. The Balaban J connectivity index is 2.66. The van der Waals surface area contributed by atoms with Crippen molar-refractivity contribution in [2.24, 2.45) is 11.7 Å². The summed E-state index contributed by atoms with van der Waals surface area (Å²) in [5, 5.41) is 2.89. The van der Waals surface area contributed by atoms with Crippen molar-refractivity contribution < 1.29 is 9.53 Å². The first kappa shape index (κ1) is 15.5. The van der Waals surface area contributed by atoms with Crippen molar-refractivity contribution in [3.63, 3.8) is 0 Å². The second-order valence-electron chi connectivity index (χ2n) is 4.94. The highest BCUT2D eigenvalue weighted by Crippen LogP contribution is 2.22. The fraction of sp³-hybridized carbons (Fsp3) is 0.533. The molecular weight excluding hydrogens is 240 g/mol. The zero-order chi connectivity index (χ0) is 14.3. The van der Waals surface area contributed by atoms with Crippen LogP contribution in [-0.4, -0.2) is 12.5 Å². The minimum absolute atomic E-state index is 0.0424. The van der Waals surface area contributed by atoms with Gasteiger partial charge in [-0.05, 0) is 37.5 Å². The lowest BCUT2D eigenvalue weighted by Crippen LogP contribution is -2.13. The van der Waals surface area contributed by atoms with Gasteiger partial charge < -0.3 is 15.8 Å². The molecule has 0 saturated carbocycles. The van der Waals surface area contributed by atoms with Crippen molar-refractivity contribution in [3.8, 4) is 5.75 Å². The molecule has 1 amide bonds. The Morgan fingerprint density at radius 1 is 1.42 bits per heavy atom. The Bertz CT molecular complexity index is 417. The fourth-order valence-corrected chi connectivity index (χ4v) is 1.76. The highest BCUT2D eigenvalue weighted by Gasteiger charge is 2.07. The number of ether oxygens (including phenoxy) is 1. The van der Waals surface area contributed by atoms with Crippen LogP contribution in [0, 0.1) is 5.92 Å². The summed E-state index contributed by atoms with van der Waals surface area (Å²) in [6.07, 6.45) is 1.44. The van der Waals surface area contributed by atoms with Crippen LogP contribution >= 0.6 is 0 Å². The van der Waals surface area contributed by atoms with Crippen LogP contribution in [0.3, 0.4) is 0 Å². The smallest absolute Gasteiger partial charge is 0.224 e. The van der Waals surface area contributed by atoms with E-state index in [0.29, 0.717) is 25.5 Å². The number of carbonyl (C=O) groups is 1. The van der Waals surface area contributed by atoms with Crippen LogP contribution in [0.5, 0.6) is 5.75 Å². The van der Waals surface area contributed by atoms with Gasteiger partial charge in [0.2, 0.25) is 5.91 Å². The summed E-state index contributed by atoms with van der Waals surface area (Å²) in [6, 6.07) is 5.57. The maximum Gasteiger partial charge on any atom is 0.224 e. The Morgan fingerprint density at radius 2 is 2.16 bits per heavy atom. The van der Waals surface area contributed by atoms with E-state index in [1.807, 2.05) is 25.1 Å². The highest BCUT2D eigenvalue weighted by molar-refractivity contribution is 5.90. The molecule has 106 valence electrons. The van der Waals surface area contributed by atoms with Gasteiger partial charge in [-0.15, -0.1) is 0 Å². The van der Waals surface area contributed by atoms with Crippen LogP contribution in [0.2, 0.25) is 0 Å². The molecule has 1 aromatic rings. The van der Waals surface area contributed by atoms with Crippen molar-refractivity contribution in [2.45, 2.75) is 40.2 Å². The summed E-state index contributed by atoms with van der Waals surface area (Å²) in [4.78, 5) is 11.8. The summed E-state index contributed by atoms with van der Waals surface area (Å²) in [5.74, 6) is 1.36. The molecule has 0 bridgehead atoms. The molecule has 0 fully saturated rings. The normalized spacial score (nSPS) is 10.6. The van der Waals surface area contributed by atoms with Crippen LogP contribution < -0.4 is 15.8 Å². The number of benzene rings is 1. The van der Waals surface area contributed by atoms with E-state index in [0.717, 1.165) is 23.4 Å². The number of amides is 1. The molecule has 0 aromatic heterocycles. The molecule has 0 heterocycles. The average Bonchev–Trinajstić information content (AvgIpc) is 2.38. The molecule has 0 spiro atoms. The second-order valence-corrected chi connectivity index (χ2v) is 4.94. The van der Waals surface area contributed by atoms with Gasteiger partial charge in [-0.3, -0.25) is 4.79 Å². The van der Waals surface area contributed by atoms with Gasteiger partial charge in [0.25, 0.3) is 0 Å². The van der Waals surface area contributed by atoms with Crippen molar-refractivity contribution in [3.05, 3.63) is 23.8 Å². The van der Waals surface area contributed by atoms with E-state index in [1.54, 1.807) is 0 Å². The third kappa shape index (κ3) is 5.30. The van der Waals surface area contributed by atoms with Gasteiger partial charge in [-0.2, -0.15) is 0 Å². The minimum atomic E-state index is 0.0424. The quantitative estimate of drug-likeness (QED) is 0.796. The topological polar surface area (TPSA) is 64.3 Å². The summed E-state index contributed by atoms with van der Waals surface area (Å²) >= 11 is 0. The van der Waals surface area contributed by atoms with Crippen molar-refractivity contribution in [2.75, 3.05) is 11.9 Å². The largest absolute Gasteiger partial charge is 0.494 e. The highest BCUT2D eigenvalue weighted by atomic mass is 16.5. The lowest BCUT2D eigenvalue weighted by Gasteiger charge is -2.12. The molecule has 0 aliphatic rings. The fourth-order valence-electron chi connectivity index (χ4n) is 1.76. The minimum Gasteiger partial charge on any atom is -0.494 e. The monoisotopic (exact) mass is 264 g/mol. The lowest BCUT2D eigenvalue weighted by atomic mass is 10.1. The van der Waals surface area contributed by atoms with Crippen LogP contribution in [0.15, 0.2) is 18.2 Å². The Hall–Kier alpha value is -1.55. The van der Waals surface area contributed by atoms with Gasteiger partial charge in [0.15, 0.2) is 0 Å². The molecule has 0 radical (unpaired) electrons. The van der Waals surface area contributed by atoms with Crippen molar-refractivity contribution in [1.29, 1.82) is 0 Å². The lowest BCUT2D eigenvalue weighted by molar-refractivity contribution is -0.116. The molecule has 0 aliphatic heterocycles. The van der Waals surface area contributed by atoms with Gasteiger partial charge in [0.1, 0.15) is 5.75 Å². The number of nitrogens with two attached hydrogens (primary N) is 1. The maximum atomic E-state index is 11.8. The first-order chi connectivity index (χ1) is 9.06. The van der Waals surface area contributed by atoms with E-state index in [2.05, 4.69) is 19.2 Å². The molecule has 3 N–H and O–H groups in total. The maximum absolute atomic E-state index is 11.8. The zero-order valence-corrected chi connectivity index (χ0v) is 12.0. The standard InChI is InChI=1S/C15H24N2O2/c1-4-19-14-7-6-13(9-12(14)10-16)17-15(18)8-5-11(2)3/h6-7,9,11H,4-5,8,10,16H2,1-3H3,(H,17,18). The van der Waals surface area contributed by atoms with Crippen LogP contribution in [-0.2, 0) is 11.3 Å². The summed E-state index contributed by atoms with van der Waals surface area (Å²) in [5.41, 5.74) is 7.37. The predicted molar refractivity (Wildman–Crippen MR) is 78.2 cm³/mol. The number of rotatable bonds is 7. The number of anilines is 1. The average molecular weight is 264 g/mol. The summed E-state index contributed by atoms with van der Waals surface area (Å²) < 4.78 is 5.47. The first-order valence-corrected chi connectivity index (χ1v) is 6.82. The molecule has 4 nitrogen and oxygen atoms in total. The summed E-state index contributed by atoms with van der Waals surface area (Å²) in [6.45, 7) is 7.15.